The monoisotopic (exact) mass is 544 g/mol. The number of nitrogens with two attached hydrogens (primary N) is 4. The van der Waals surface area contributed by atoms with E-state index < -0.39 is 11.9 Å². The van der Waals surface area contributed by atoms with Crippen molar-refractivity contribution in [3.05, 3.63) is 0 Å². The average molecular weight is 545 g/mol. The number of hydrogen-bond donors (Lipinski definition) is 6. The van der Waals surface area contributed by atoms with E-state index in [0.717, 1.165) is 51.4 Å². The number of carboxylic acids is 2. The van der Waals surface area contributed by atoms with Crippen molar-refractivity contribution in [1.29, 1.82) is 0 Å². The molecule has 1 aliphatic carbocycles. The van der Waals surface area contributed by atoms with E-state index in [1.165, 1.54) is 0 Å². The lowest BCUT2D eigenvalue weighted by atomic mass is 9.82. The average Bonchev–Trinajstić information content (AvgIpc) is 2.83. The van der Waals surface area contributed by atoms with Crippen LogP contribution in [-0.2, 0) is 28.8 Å². The molecule has 1 fully saturated rings. The highest BCUT2D eigenvalue weighted by Gasteiger charge is 2.29. The summed E-state index contributed by atoms with van der Waals surface area (Å²) < 4.78 is 0. The van der Waals surface area contributed by atoms with Crippen LogP contribution in [0.1, 0.15) is 104 Å². The zero-order valence-electron chi connectivity index (χ0n) is 22.9. The predicted molar refractivity (Wildman–Crippen MR) is 142 cm³/mol. The van der Waals surface area contributed by atoms with Crippen molar-refractivity contribution in [3.8, 4) is 0 Å². The summed E-state index contributed by atoms with van der Waals surface area (Å²) in [7, 11) is 0. The van der Waals surface area contributed by atoms with Gasteiger partial charge in [0.05, 0.1) is 11.8 Å². The molecular weight excluding hydrogens is 496 g/mol. The maximum atomic E-state index is 10.6. The number of amides is 4. The molecule has 1 saturated carbocycles. The van der Waals surface area contributed by atoms with Crippen LogP contribution in [0.4, 0.5) is 0 Å². The van der Waals surface area contributed by atoms with Crippen molar-refractivity contribution in [2.45, 2.75) is 104 Å². The second kappa shape index (κ2) is 21.9. The first kappa shape index (κ1) is 37.0. The molecule has 0 aromatic rings. The summed E-state index contributed by atoms with van der Waals surface area (Å²) >= 11 is 0. The SMILES string of the molecule is CC(CCCCCC(N)=O)C(N)=O.CC(CCCCCC(N)=O)C(N)=O.O=C(O)C1CCC(C(=O)O)CC1. The Bertz CT molecular complexity index is 690. The van der Waals surface area contributed by atoms with Crippen molar-refractivity contribution in [2.75, 3.05) is 0 Å². The van der Waals surface area contributed by atoms with Crippen LogP contribution in [0, 0.1) is 23.7 Å². The normalized spacial score (nSPS) is 17.8. The number of hydrogen-bond acceptors (Lipinski definition) is 6. The Labute approximate surface area is 225 Å². The highest BCUT2D eigenvalue weighted by atomic mass is 16.4. The first-order chi connectivity index (χ1) is 17.7. The molecule has 0 bridgehead atoms. The summed E-state index contributed by atoms with van der Waals surface area (Å²) in [5, 5.41) is 17.2. The lowest BCUT2D eigenvalue weighted by Crippen LogP contribution is -2.25. The number of primary amides is 4. The number of carbonyl (C=O) groups is 6. The van der Waals surface area contributed by atoms with E-state index in [1.54, 1.807) is 0 Å². The molecule has 2 unspecified atom stereocenters. The molecule has 1 rings (SSSR count). The number of aliphatic carboxylic acids is 2. The van der Waals surface area contributed by atoms with Gasteiger partial charge < -0.3 is 33.1 Å². The smallest absolute Gasteiger partial charge is 0.306 e. The van der Waals surface area contributed by atoms with Crippen molar-refractivity contribution in [2.24, 2.45) is 46.6 Å². The third-order valence-electron chi connectivity index (χ3n) is 6.52. The number of unbranched alkanes of at least 4 members (excludes halogenated alkanes) is 4. The van der Waals surface area contributed by atoms with Gasteiger partial charge in [-0.15, -0.1) is 0 Å². The van der Waals surface area contributed by atoms with Crippen molar-refractivity contribution in [1.82, 2.24) is 0 Å². The molecule has 4 amide bonds. The molecule has 0 aromatic heterocycles. The molecule has 1 aliphatic rings. The van der Waals surface area contributed by atoms with Crippen LogP contribution >= 0.6 is 0 Å². The highest BCUT2D eigenvalue weighted by molar-refractivity contribution is 5.76. The topological polar surface area (TPSA) is 247 Å². The van der Waals surface area contributed by atoms with Crippen LogP contribution in [-0.4, -0.2) is 45.8 Å². The van der Waals surface area contributed by atoms with E-state index in [2.05, 4.69) is 0 Å². The van der Waals surface area contributed by atoms with Crippen LogP contribution < -0.4 is 22.9 Å². The predicted octanol–water partition coefficient (Wildman–Crippen LogP) is 2.05. The van der Waals surface area contributed by atoms with Crippen LogP contribution in [0.3, 0.4) is 0 Å². The maximum Gasteiger partial charge on any atom is 0.306 e. The molecule has 0 spiro atoms. The third kappa shape index (κ3) is 22.1. The van der Waals surface area contributed by atoms with Gasteiger partial charge in [-0.3, -0.25) is 28.8 Å². The molecule has 10 N–H and O–H groups in total. The van der Waals surface area contributed by atoms with E-state index in [1.807, 2.05) is 13.8 Å². The highest BCUT2D eigenvalue weighted by Crippen LogP contribution is 2.28. The Morgan fingerprint density at radius 2 is 0.868 bits per heavy atom. The molecule has 12 heteroatoms. The minimum Gasteiger partial charge on any atom is -0.481 e. The standard InChI is InChI=1S/2C9H18N2O2.C8H12O4/c2*1-7(9(11)13)5-3-2-4-6-8(10)12;9-7(10)5-1-2-6(4-3-5)8(11)12/h2*7H,2-6H2,1H3,(H2,10,12)(H2,11,13);5-6H,1-4H2,(H,9,10)(H,11,12). The molecule has 38 heavy (non-hydrogen) atoms. The molecule has 12 nitrogen and oxygen atoms in total. The van der Waals surface area contributed by atoms with Gasteiger partial charge in [-0.05, 0) is 51.4 Å². The van der Waals surface area contributed by atoms with Gasteiger partial charge in [-0.2, -0.15) is 0 Å². The van der Waals surface area contributed by atoms with E-state index in [9.17, 15) is 28.8 Å². The Kier molecular flexibility index (Phi) is 21.3. The lowest BCUT2D eigenvalue weighted by molar-refractivity contribution is -0.148. The Morgan fingerprint density at radius 3 is 1.08 bits per heavy atom. The summed E-state index contributed by atoms with van der Waals surface area (Å²) in [5.41, 5.74) is 20.1. The molecule has 220 valence electrons. The van der Waals surface area contributed by atoms with E-state index in [4.69, 9.17) is 33.1 Å². The zero-order chi connectivity index (χ0) is 29.7. The number of rotatable bonds is 16. The fraction of sp³-hybridized carbons (Fsp3) is 0.769. The Hall–Kier alpha value is -3.18. The Balaban J connectivity index is 0. The zero-order valence-corrected chi connectivity index (χ0v) is 22.9. The molecule has 0 aliphatic heterocycles. The second-order valence-corrected chi connectivity index (χ2v) is 9.96. The first-order valence-corrected chi connectivity index (χ1v) is 13.3. The van der Waals surface area contributed by atoms with Crippen molar-refractivity contribution in [3.63, 3.8) is 0 Å². The quantitative estimate of drug-likeness (QED) is 0.156. The lowest BCUT2D eigenvalue weighted by Gasteiger charge is -2.22. The summed E-state index contributed by atoms with van der Waals surface area (Å²) in [6, 6.07) is 0. The van der Waals surface area contributed by atoms with E-state index >= 15 is 0 Å². The summed E-state index contributed by atoms with van der Waals surface area (Å²) in [6.07, 6.45) is 9.83. The van der Waals surface area contributed by atoms with E-state index in [-0.39, 0.29) is 47.3 Å². The fourth-order valence-corrected chi connectivity index (χ4v) is 3.72. The van der Waals surface area contributed by atoms with Crippen LogP contribution in [0.2, 0.25) is 0 Å². The molecule has 0 heterocycles. The Morgan fingerprint density at radius 1 is 0.579 bits per heavy atom. The van der Waals surface area contributed by atoms with Crippen LogP contribution in [0.5, 0.6) is 0 Å². The summed E-state index contributed by atoms with van der Waals surface area (Å²) in [4.78, 5) is 62.9. The summed E-state index contributed by atoms with van der Waals surface area (Å²) in [5.74, 6) is -3.38. The molecule has 0 saturated heterocycles. The van der Waals surface area contributed by atoms with Gasteiger partial charge in [-0.25, -0.2) is 0 Å². The van der Waals surface area contributed by atoms with Gasteiger partial charge in [0, 0.05) is 24.7 Å². The molecular formula is C26H48N4O8. The van der Waals surface area contributed by atoms with Gasteiger partial charge >= 0.3 is 11.9 Å². The van der Waals surface area contributed by atoms with Crippen molar-refractivity contribution < 1.29 is 39.0 Å². The number of carboxylic acid groups (broad SMARTS) is 2. The third-order valence-corrected chi connectivity index (χ3v) is 6.52. The van der Waals surface area contributed by atoms with Gasteiger partial charge in [0.1, 0.15) is 0 Å². The van der Waals surface area contributed by atoms with Crippen LogP contribution in [0.15, 0.2) is 0 Å². The number of carbonyl (C=O) groups excluding carboxylic acids is 4. The molecule has 0 aromatic carbocycles. The van der Waals surface area contributed by atoms with Gasteiger partial charge in [0.2, 0.25) is 23.6 Å². The van der Waals surface area contributed by atoms with Crippen molar-refractivity contribution >= 4 is 35.6 Å². The largest absolute Gasteiger partial charge is 0.481 e. The van der Waals surface area contributed by atoms with Gasteiger partial charge in [-0.1, -0.05) is 39.5 Å². The first-order valence-electron chi connectivity index (χ1n) is 13.3. The maximum absolute atomic E-state index is 10.6. The minimum atomic E-state index is -0.793. The van der Waals surface area contributed by atoms with E-state index in [0.29, 0.717) is 38.5 Å². The second-order valence-electron chi connectivity index (χ2n) is 9.96. The van der Waals surface area contributed by atoms with Gasteiger partial charge in [0.25, 0.3) is 0 Å². The molecule has 2 atom stereocenters. The minimum absolute atomic E-state index is 0.0615. The molecule has 0 radical (unpaired) electrons. The fourth-order valence-electron chi connectivity index (χ4n) is 3.72. The summed E-state index contributed by atoms with van der Waals surface area (Å²) in [6.45, 7) is 3.63. The van der Waals surface area contributed by atoms with Gasteiger partial charge in [0.15, 0.2) is 0 Å². The van der Waals surface area contributed by atoms with Crippen LogP contribution in [0.25, 0.3) is 0 Å².